The van der Waals surface area contributed by atoms with Gasteiger partial charge in [-0.3, -0.25) is 9.59 Å². The summed E-state index contributed by atoms with van der Waals surface area (Å²) in [6.07, 6.45) is 1.07. The zero-order chi connectivity index (χ0) is 14.2. The Kier molecular flexibility index (Phi) is 3.32. The average molecular weight is 283 g/mol. The fourth-order valence-electron chi connectivity index (χ4n) is 1.84. The molecule has 1 aromatic carbocycles. The van der Waals surface area contributed by atoms with Crippen LogP contribution in [0.2, 0.25) is 0 Å². The van der Waals surface area contributed by atoms with E-state index in [4.69, 9.17) is 5.11 Å². The predicted molar refractivity (Wildman–Crippen MR) is 66.6 cm³/mol. The summed E-state index contributed by atoms with van der Waals surface area (Å²) in [6.45, 7) is 0.328. The molecule has 0 aromatic heterocycles. The van der Waals surface area contributed by atoms with Crippen molar-refractivity contribution >= 4 is 21.7 Å². The molecule has 0 unspecified atom stereocenters. The molecule has 0 saturated carbocycles. The maximum Gasteiger partial charge on any atom is 0.310 e. The van der Waals surface area contributed by atoms with Crippen LogP contribution in [0, 0.1) is 5.92 Å². The first-order chi connectivity index (χ1) is 8.79. The highest BCUT2D eigenvalue weighted by Crippen LogP contribution is 2.20. The van der Waals surface area contributed by atoms with E-state index in [-0.39, 0.29) is 29.5 Å². The number of sulfone groups is 1. The monoisotopic (exact) mass is 283 g/mol. The molecule has 0 atom stereocenters. The van der Waals surface area contributed by atoms with Gasteiger partial charge in [-0.2, -0.15) is 0 Å². The van der Waals surface area contributed by atoms with Crippen molar-refractivity contribution in [1.82, 2.24) is 4.90 Å². The maximum absolute atomic E-state index is 12.0. The van der Waals surface area contributed by atoms with Gasteiger partial charge in [-0.1, -0.05) is 6.07 Å². The molecule has 102 valence electrons. The summed E-state index contributed by atoms with van der Waals surface area (Å²) in [6, 6.07) is 5.75. The smallest absolute Gasteiger partial charge is 0.310 e. The summed E-state index contributed by atoms with van der Waals surface area (Å²) < 4.78 is 22.8. The fraction of sp³-hybridized carbons (Fsp3) is 0.333. The lowest BCUT2D eigenvalue weighted by atomic mass is 9.99. The first-order valence-corrected chi connectivity index (χ1v) is 7.50. The van der Waals surface area contributed by atoms with E-state index in [2.05, 4.69) is 0 Å². The second kappa shape index (κ2) is 4.65. The van der Waals surface area contributed by atoms with Crippen LogP contribution in [0.1, 0.15) is 10.4 Å². The van der Waals surface area contributed by atoms with Crippen molar-refractivity contribution in [1.29, 1.82) is 0 Å². The van der Waals surface area contributed by atoms with Crippen LogP contribution in [-0.2, 0) is 14.6 Å². The molecule has 1 fully saturated rings. The van der Waals surface area contributed by atoms with Crippen molar-refractivity contribution in [3.8, 4) is 0 Å². The molecule has 1 aliphatic heterocycles. The van der Waals surface area contributed by atoms with Crippen LogP contribution < -0.4 is 0 Å². The topological polar surface area (TPSA) is 91.8 Å². The van der Waals surface area contributed by atoms with Crippen LogP contribution in [0.5, 0.6) is 0 Å². The largest absolute Gasteiger partial charge is 0.481 e. The van der Waals surface area contributed by atoms with Gasteiger partial charge < -0.3 is 10.0 Å². The van der Waals surface area contributed by atoms with E-state index >= 15 is 0 Å². The molecule has 2 rings (SSSR count). The van der Waals surface area contributed by atoms with Crippen LogP contribution in [0.3, 0.4) is 0 Å². The summed E-state index contributed by atoms with van der Waals surface area (Å²) in [7, 11) is -3.36. The lowest BCUT2D eigenvalue weighted by Crippen LogP contribution is -2.53. The van der Waals surface area contributed by atoms with Gasteiger partial charge in [-0.25, -0.2) is 8.42 Å². The molecular weight excluding hydrogens is 270 g/mol. The third kappa shape index (κ3) is 2.76. The van der Waals surface area contributed by atoms with E-state index in [1.54, 1.807) is 0 Å². The summed E-state index contributed by atoms with van der Waals surface area (Å²) in [4.78, 5) is 24.1. The van der Waals surface area contributed by atoms with Crippen LogP contribution in [0.15, 0.2) is 29.2 Å². The molecule has 0 spiro atoms. The standard InChI is InChI=1S/C12H13NO5S/c1-19(17,18)10-4-2-3-8(5-10)11(14)13-6-9(7-13)12(15)16/h2-5,9H,6-7H2,1H3,(H,15,16). The molecule has 1 heterocycles. The highest BCUT2D eigenvalue weighted by molar-refractivity contribution is 7.90. The number of carbonyl (C=O) groups is 2. The Morgan fingerprint density at radius 3 is 2.47 bits per heavy atom. The third-order valence-electron chi connectivity index (χ3n) is 3.03. The van der Waals surface area contributed by atoms with Crippen molar-refractivity contribution in [2.45, 2.75) is 4.90 Å². The number of carboxylic acid groups (broad SMARTS) is 1. The van der Waals surface area contributed by atoms with Gasteiger partial charge in [0.2, 0.25) is 0 Å². The number of rotatable bonds is 3. The average Bonchev–Trinajstić information content (AvgIpc) is 2.25. The second-order valence-electron chi connectivity index (χ2n) is 4.55. The molecule has 0 aliphatic carbocycles. The van der Waals surface area contributed by atoms with Crippen LogP contribution in [-0.4, -0.2) is 49.6 Å². The number of likely N-dealkylation sites (tertiary alicyclic amines) is 1. The molecule has 6 nitrogen and oxygen atoms in total. The van der Waals surface area contributed by atoms with E-state index in [1.165, 1.54) is 29.2 Å². The first-order valence-electron chi connectivity index (χ1n) is 5.61. The molecule has 1 saturated heterocycles. The normalized spacial score (nSPS) is 15.9. The Morgan fingerprint density at radius 2 is 1.95 bits per heavy atom. The molecule has 1 aromatic rings. The van der Waals surface area contributed by atoms with Crippen LogP contribution in [0.4, 0.5) is 0 Å². The van der Waals surface area contributed by atoms with Crippen molar-refractivity contribution < 1.29 is 23.1 Å². The third-order valence-corrected chi connectivity index (χ3v) is 4.14. The quantitative estimate of drug-likeness (QED) is 0.858. The number of hydrogen-bond donors (Lipinski definition) is 1. The summed E-state index contributed by atoms with van der Waals surface area (Å²) in [5, 5.41) is 8.74. The number of aliphatic carboxylic acids is 1. The molecular formula is C12H13NO5S. The number of benzene rings is 1. The number of hydrogen-bond acceptors (Lipinski definition) is 4. The highest BCUT2D eigenvalue weighted by Gasteiger charge is 2.36. The van der Waals surface area contributed by atoms with Crippen molar-refractivity contribution in [3.63, 3.8) is 0 Å². The number of carbonyl (C=O) groups excluding carboxylic acids is 1. The van der Waals surface area contributed by atoms with Gasteiger partial charge in [0.05, 0.1) is 10.8 Å². The Hall–Kier alpha value is -1.89. The van der Waals surface area contributed by atoms with Gasteiger partial charge in [0.25, 0.3) is 5.91 Å². The van der Waals surface area contributed by atoms with E-state index in [1.807, 2.05) is 0 Å². The van der Waals surface area contributed by atoms with Crippen LogP contribution >= 0.6 is 0 Å². The molecule has 0 radical (unpaired) electrons. The summed E-state index contributed by atoms with van der Waals surface area (Å²) >= 11 is 0. The molecule has 1 N–H and O–H groups in total. The van der Waals surface area contributed by atoms with Crippen molar-refractivity contribution in [2.75, 3.05) is 19.3 Å². The highest BCUT2D eigenvalue weighted by atomic mass is 32.2. The minimum Gasteiger partial charge on any atom is -0.481 e. The van der Waals surface area contributed by atoms with Gasteiger partial charge in [0.15, 0.2) is 9.84 Å². The van der Waals surface area contributed by atoms with Crippen molar-refractivity contribution in [3.05, 3.63) is 29.8 Å². The van der Waals surface area contributed by atoms with Gasteiger partial charge >= 0.3 is 5.97 Å². The fourth-order valence-corrected chi connectivity index (χ4v) is 2.51. The molecule has 1 amide bonds. The lowest BCUT2D eigenvalue weighted by Gasteiger charge is -2.36. The number of carboxylic acids is 1. The molecule has 7 heteroatoms. The van der Waals surface area contributed by atoms with E-state index in [0.717, 1.165) is 6.26 Å². The van der Waals surface area contributed by atoms with E-state index < -0.39 is 21.7 Å². The first kappa shape index (κ1) is 13.5. The Morgan fingerprint density at radius 1 is 1.32 bits per heavy atom. The minimum atomic E-state index is -3.36. The maximum atomic E-state index is 12.0. The Labute approximate surface area is 110 Å². The SMILES string of the molecule is CS(=O)(=O)c1cccc(C(=O)N2CC(C(=O)O)C2)c1. The number of amides is 1. The van der Waals surface area contributed by atoms with E-state index in [0.29, 0.717) is 0 Å². The van der Waals surface area contributed by atoms with Crippen LogP contribution in [0.25, 0.3) is 0 Å². The molecule has 1 aliphatic rings. The summed E-state index contributed by atoms with van der Waals surface area (Å²) in [5.74, 6) is -1.79. The Bertz CT molecular complexity index is 631. The van der Waals surface area contributed by atoms with Gasteiger partial charge in [-0.05, 0) is 18.2 Å². The Balaban J connectivity index is 2.16. The van der Waals surface area contributed by atoms with Gasteiger partial charge in [0, 0.05) is 24.9 Å². The van der Waals surface area contributed by atoms with E-state index in [9.17, 15) is 18.0 Å². The predicted octanol–water partition coefficient (Wildman–Crippen LogP) is 0.247. The second-order valence-corrected chi connectivity index (χ2v) is 6.56. The zero-order valence-corrected chi connectivity index (χ0v) is 11.1. The number of nitrogens with zero attached hydrogens (tertiary/aromatic N) is 1. The minimum absolute atomic E-state index is 0.0775. The van der Waals surface area contributed by atoms with Gasteiger partial charge in [-0.15, -0.1) is 0 Å². The zero-order valence-electron chi connectivity index (χ0n) is 10.2. The molecule has 19 heavy (non-hydrogen) atoms. The van der Waals surface area contributed by atoms with Gasteiger partial charge in [0.1, 0.15) is 0 Å². The molecule has 0 bridgehead atoms. The summed E-state index contributed by atoms with van der Waals surface area (Å²) in [5.41, 5.74) is 0.256. The lowest BCUT2D eigenvalue weighted by molar-refractivity contribution is -0.146. The van der Waals surface area contributed by atoms with Crippen molar-refractivity contribution in [2.24, 2.45) is 5.92 Å².